The molecule has 0 saturated heterocycles. The molecule has 2 aromatic rings. The molecule has 0 radical (unpaired) electrons. The average molecular weight is 287 g/mol. The summed E-state index contributed by atoms with van der Waals surface area (Å²) in [6.45, 7) is 0. The van der Waals surface area contributed by atoms with Crippen LogP contribution in [0.25, 0.3) is 0 Å². The van der Waals surface area contributed by atoms with Crippen molar-refractivity contribution in [3.63, 3.8) is 0 Å². The number of carbonyl (C=O) groups excluding carboxylic acids is 1. The van der Waals surface area contributed by atoms with Gasteiger partial charge in [-0.25, -0.2) is 4.98 Å². The number of nitrogens with zero attached hydrogens (tertiary/aromatic N) is 3. The van der Waals surface area contributed by atoms with E-state index in [1.807, 2.05) is 20.2 Å². The van der Waals surface area contributed by atoms with E-state index in [0.29, 0.717) is 21.3 Å². The minimum atomic E-state index is -0.330. The SMILES string of the molecule is CN(C)c1nc(N)c(C(=O)Nc2cccc(C#N)c2)s1. The standard InChI is InChI=1S/C13H13N5OS/c1-18(2)13-17-11(15)10(20-13)12(19)16-9-5-3-4-8(6-9)7-14/h3-6H,15H2,1-2H3,(H,16,19). The van der Waals surface area contributed by atoms with Gasteiger partial charge in [-0.1, -0.05) is 17.4 Å². The van der Waals surface area contributed by atoms with Crippen molar-refractivity contribution in [2.45, 2.75) is 0 Å². The minimum Gasteiger partial charge on any atom is -0.382 e. The number of nitrogens with one attached hydrogen (secondary N) is 1. The number of nitriles is 1. The number of benzene rings is 1. The lowest BCUT2D eigenvalue weighted by molar-refractivity contribution is 0.103. The first-order valence-corrected chi connectivity index (χ1v) is 6.58. The van der Waals surface area contributed by atoms with Gasteiger partial charge in [-0.15, -0.1) is 0 Å². The summed E-state index contributed by atoms with van der Waals surface area (Å²) < 4.78 is 0. The van der Waals surface area contributed by atoms with Gasteiger partial charge in [0.05, 0.1) is 11.6 Å². The zero-order valence-electron chi connectivity index (χ0n) is 11.0. The Morgan fingerprint density at radius 2 is 2.25 bits per heavy atom. The summed E-state index contributed by atoms with van der Waals surface area (Å²) in [5, 5.41) is 12.2. The molecule has 0 aliphatic heterocycles. The van der Waals surface area contributed by atoms with Crippen molar-refractivity contribution in [1.29, 1.82) is 5.26 Å². The fourth-order valence-electron chi connectivity index (χ4n) is 1.53. The van der Waals surface area contributed by atoms with Gasteiger partial charge < -0.3 is 16.0 Å². The molecule has 1 aromatic heterocycles. The number of rotatable bonds is 3. The number of nitrogens with two attached hydrogens (primary N) is 1. The first-order valence-electron chi connectivity index (χ1n) is 5.76. The number of thiazole rings is 1. The number of carbonyl (C=O) groups is 1. The van der Waals surface area contributed by atoms with Crippen molar-refractivity contribution < 1.29 is 4.79 Å². The molecule has 0 fully saturated rings. The number of amides is 1. The maximum Gasteiger partial charge on any atom is 0.269 e. The first kappa shape index (κ1) is 13.8. The van der Waals surface area contributed by atoms with Crippen molar-refractivity contribution in [1.82, 2.24) is 4.98 Å². The van der Waals surface area contributed by atoms with Crippen molar-refractivity contribution in [3.05, 3.63) is 34.7 Å². The average Bonchev–Trinajstić information content (AvgIpc) is 2.81. The molecule has 3 N–H and O–H groups in total. The van der Waals surface area contributed by atoms with Crippen molar-refractivity contribution >= 4 is 33.9 Å². The summed E-state index contributed by atoms with van der Waals surface area (Å²) in [6.07, 6.45) is 0. The second-order valence-electron chi connectivity index (χ2n) is 4.25. The Labute approximate surface area is 120 Å². The summed E-state index contributed by atoms with van der Waals surface area (Å²) in [5.74, 6) is -0.129. The zero-order chi connectivity index (χ0) is 14.7. The molecular weight excluding hydrogens is 274 g/mol. The lowest BCUT2D eigenvalue weighted by Crippen LogP contribution is -2.12. The van der Waals surface area contributed by atoms with E-state index >= 15 is 0 Å². The second-order valence-corrected chi connectivity index (χ2v) is 5.23. The molecule has 0 unspecified atom stereocenters. The van der Waals surface area contributed by atoms with Crippen molar-refractivity contribution in [2.24, 2.45) is 0 Å². The fourth-order valence-corrected chi connectivity index (χ4v) is 2.33. The molecule has 2 rings (SSSR count). The molecule has 0 aliphatic carbocycles. The highest BCUT2D eigenvalue weighted by Crippen LogP contribution is 2.27. The second kappa shape index (κ2) is 5.59. The van der Waals surface area contributed by atoms with E-state index in [-0.39, 0.29) is 11.7 Å². The third kappa shape index (κ3) is 2.87. The highest BCUT2D eigenvalue weighted by atomic mass is 32.1. The Hall–Kier alpha value is -2.59. The summed E-state index contributed by atoms with van der Waals surface area (Å²) in [7, 11) is 3.66. The van der Waals surface area contributed by atoms with Crippen LogP contribution in [0.5, 0.6) is 0 Å². The molecule has 1 heterocycles. The molecule has 0 saturated carbocycles. The number of hydrogen-bond acceptors (Lipinski definition) is 6. The summed E-state index contributed by atoms with van der Waals surface area (Å²) in [5.41, 5.74) is 6.78. The molecule has 0 bridgehead atoms. The Balaban J connectivity index is 2.22. The van der Waals surface area contributed by atoms with Crippen LogP contribution in [0, 0.1) is 11.3 Å². The van der Waals surface area contributed by atoms with Gasteiger partial charge in [0.1, 0.15) is 10.7 Å². The van der Waals surface area contributed by atoms with Gasteiger partial charge in [-0.2, -0.15) is 5.26 Å². The molecule has 0 atom stereocenters. The van der Waals surface area contributed by atoms with E-state index in [1.165, 1.54) is 11.3 Å². The van der Waals surface area contributed by atoms with Gasteiger partial charge in [-0.05, 0) is 18.2 Å². The van der Waals surface area contributed by atoms with E-state index in [1.54, 1.807) is 29.2 Å². The number of aromatic nitrogens is 1. The Morgan fingerprint density at radius 1 is 1.50 bits per heavy atom. The van der Waals surface area contributed by atoms with Crippen LogP contribution in [0.1, 0.15) is 15.2 Å². The molecular formula is C13H13N5OS. The van der Waals surface area contributed by atoms with Crippen LogP contribution < -0.4 is 16.0 Å². The van der Waals surface area contributed by atoms with E-state index in [4.69, 9.17) is 11.0 Å². The van der Waals surface area contributed by atoms with Gasteiger partial charge in [0.15, 0.2) is 5.13 Å². The summed E-state index contributed by atoms with van der Waals surface area (Å²) in [4.78, 5) is 18.4. The normalized spacial score (nSPS) is 9.85. The molecule has 7 heteroatoms. The molecule has 20 heavy (non-hydrogen) atoms. The topological polar surface area (TPSA) is 95.0 Å². The Kier molecular flexibility index (Phi) is 3.86. The third-order valence-electron chi connectivity index (χ3n) is 2.48. The predicted molar refractivity (Wildman–Crippen MR) is 80.0 cm³/mol. The van der Waals surface area contributed by atoms with E-state index < -0.39 is 0 Å². The van der Waals surface area contributed by atoms with Crippen LogP contribution in [0.2, 0.25) is 0 Å². The van der Waals surface area contributed by atoms with Gasteiger partial charge in [0, 0.05) is 19.8 Å². The van der Waals surface area contributed by atoms with Crippen LogP contribution in [-0.4, -0.2) is 25.0 Å². The molecule has 0 aliphatic rings. The van der Waals surface area contributed by atoms with E-state index in [2.05, 4.69) is 10.3 Å². The lowest BCUT2D eigenvalue weighted by Gasteiger charge is -2.05. The Morgan fingerprint density at radius 3 is 2.85 bits per heavy atom. The van der Waals surface area contributed by atoms with Gasteiger partial charge in [-0.3, -0.25) is 4.79 Å². The minimum absolute atomic E-state index is 0.202. The third-order valence-corrected chi connectivity index (χ3v) is 3.72. The number of anilines is 3. The van der Waals surface area contributed by atoms with Gasteiger partial charge >= 0.3 is 0 Å². The number of nitrogen functional groups attached to an aromatic ring is 1. The summed E-state index contributed by atoms with van der Waals surface area (Å²) >= 11 is 1.22. The largest absolute Gasteiger partial charge is 0.382 e. The van der Waals surface area contributed by atoms with Crippen LogP contribution >= 0.6 is 11.3 Å². The molecule has 0 spiro atoms. The van der Waals surface area contributed by atoms with Gasteiger partial charge in [0.2, 0.25) is 0 Å². The molecule has 1 amide bonds. The lowest BCUT2D eigenvalue weighted by atomic mass is 10.2. The van der Waals surface area contributed by atoms with E-state index in [9.17, 15) is 4.79 Å². The van der Waals surface area contributed by atoms with E-state index in [0.717, 1.165) is 0 Å². The maximum absolute atomic E-state index is 12.1. The summed E-state index contributed by atoms with van der Waals surface area (Å²) in [6, 6.07) is 8.70. The molecule has 102 valence electrons. The highest BCUT2D eigenvalue weighted by molar-refractivity contribution is 7.18. The fraction of sp³-hybridized carbons (Fsp3) is 0.154. The van der Waals surface area contributed by atoms with Crippen LogP contribution in [0.3, 0.4) is 0 Å². The molecule has 6 nitrogen and oxygen atoms in total. The van der Waals surface area contributed by atoms with Crippen LogP contribution in [-0.2, 0) is 0 Å². The van der Waals surface area contributed by atoms with Crippen molar-refractivity contribution in [2.75, 3.05) is 30.0 Å². The predicted octanol–water partition coefficient (Wildman–Crippen LogP) is 1.92. The monoisotopic (exact) mass is 287 g/mol. The van der Waals surface area contributed by atoms with Crippen molar-refractivity contribution in [3.8, 4) is 6.07 Å². The Bertz CT molecular complexity index is 686. The first-order chi connectivity index (χ1) is 9.51. The highest BCUT2D eigenvalue weighted by Gasteiger charge is 2.17. The van der Waals surface area contributed by atoms with Gasteiger partial charge in [0.25, 0.3) is 5.91 Å². The van der Waals surface area contributed by atoms with Crippen LogP contribution in [0.4, 0.5) is 16.6 Å². The quantitative estimate of drug-likeness (QED) is 0.899. The number of hydrogen-bond donors (Lipinski definition) is 2. The zero-order valence-corrected chi connectivity index (χ0v) is 11.9. The molecule has 1 aromatic carbocycles. The van der Waals surface area contributed by atoms with Crippen LogP contribution in [0.15, 0.2) is 24.3 Å². The smallest absolute Gasteiger partial charge is 0.269 e. The maximum atomic E-state index is 12.1.